The third-order valence-corrected chi connectivity index (χ3v) is 6.36. The van der Waals surface area contributed by atoms with E-state index in [2.05, 4.69) is 13.8 Å². The molecule has 1 aliphatic rings. The Kier molecular flexibility index (Phi) is 4.17. The zero-order chi connectivity index (χ0) is 10.8. The predicted molar refractivity (Wildman–Crippen MR) is 58.0 cm³/mol. The molecule has 84 valence electrons. The fraction of sp³-hybridized carbons (Fsp3) is 1.00. The summed E-state index contributed by atoms with van der Waals surface area (Å²) in [4.78, 5) is 0. The van der Waals surface area contributed by atoms with Crippen molar-refractivity contribution < 1.29 is 14.2 Å². The van der Waals surface area contributed by atoms with Crippen molar-refractivity contribution in [3.63, 3.8) is 0 Å². The maximum Gasteiger partial charge on any atom is 0.206 e. The van der Waals surface area contributed by atoms with Gasteiger partial charge in [0.1, 0.15) is 0 Å². The molecule has 4 unspecified atom stereocenters. The highest BCUT2D eigenvalue weighted by molar-refractivity contribution is 7.60. The van der Waals surface area contributed by atoms with Crippen LogP contribution in [0.25, 0.3) is 0 Å². The van der Waals surface area contributed by atoms with E-state index in [1.807, 2.05) is 0 Å². The molecule has 1 heterocycles. The smallest absolute Gasteiger partial charge is 0.206 e. The summed E-state index contributed by atoms with van der Waals surface area (Å²) in [6.45, 7) is 6.07. The molecule has 0 aliphatic carbocycles. The molecule has 0 saturated carbocycles. The van der Waals surface area contributed by atoms with Gasteiger partial charge in [0.05, 0.1) is 12.7 Å². The first-order valence-electron chi connectivity index (χ1n) is 5.41. The molecular weight excluding hydrogens is 199 g/mol. The molecular formula is C10H21O3P. The molecule has 0 amide bonds. The first-order chi connectivity index (χ1) is 6.49. The molecule has 4 atom stereocenters. The molecule has 14 heavy (non-hydrogen) atoms. The largest absolute Gasteiger partial charge is 0.391 e. The van der Waals surface area contributed by atoms with Crippen molar-refractivity contribution in [3.8, 4) is 0 Å². The number of rotatable bonds is 4. The second-order valence-electron chi connectivity index (χ2n) is 4.34. The van der Waals surface area contributed by atoms with Gasteiger partial charge in [-0.3, -0.25) is 4.57 Å². The van der Waals surface area contributed by atoms with Crippen LogP contribution in [0.5, 0.6) is 0 Å². The highest BCUT2D eigenvalue weighted by Crippen LogP contribution is 2.61. The standard InChI is InChI=1S/C10H21O3P/c1-4-10-8(2)5-6-14(10,12)13-7-9(3)11/h8-11H,4-7H2,1-3H3. The Labute approximate surface area is 86.3 Å². The summed E-state index contributed by atoms with van der Waals surface area (Å²) < 4.78 is 17.8. The molecule has 1 rings (SSSR count). The first-order valence-corrected chi connectivity index (χ1v) is 7.29. The van der Waals surface area contributed by atoms with Crippen LogP contribution in [0, 0.1) is 5.92 Å². The number of aliphatic hydroxyl groups is 1. The molecule has 1 aliphatic heterocycles. The maximum atomic E-state index is 12.4. The van der Waals surface area contributed by atoms with E-state index >= 15 is 0 Å². The van der Waals surface area contributed by atoms with Crippen molar-refractivity contribution >= 4 is 7.37 Å². The van der Waals surface area contributed by atoms with E-state index < -0.39 is 13.5 Å². The van der Waals surface area contributed by atoms with E-state index in [1.54, 1.807) is 6.92 Å². The Balaban J connectivity index is 2.59. The topological polar surface area (TPSA) is 46.5 Å². The first kappa shape index (κ1) is 12.2. The van der Waals surface area contributed by atoms with E-state index in [1.165, 1.54) is 0 Å². The van der Waals surface area contributed by atoms with Gasteiger partial charge >= 0.3 is 0 Å². The second-order valence-corrected chi connectivity index (χ2v) is 7.16. The summed E-state index contributed by atoms with van der Waals surface area (Å²) in [5.74, 6) is 0.500. The summed E-state index contributed by atoms with van der Waals surface area (Å²) in [6.07, 6.45) is 2.09. The Morgan fingerprint density at radius 3 is 2.79 bits per heavy atom. The van der Waals surface area contributed by atoms with Crippen molar-refractivity contribution in [2.75, 3.05) is 12.8 Å². The Hall–Kier alpha value is 0.150. The van der Waals surface area contributed by atoms with Gasteiger partial charge in [-0.2, -0.15) is 0 Å². The maximum absolute atomic E-state index is 12.4. The lowest BCUT2D eigenvalue weighted by atomic mass is 10.0. The SMILES string of the molecule is CCC1C(C)CCP1(=O)OCC(C)O. The van der Waals surface area contributed by atoms with Crippen LogP contribution in [0.3, 0.4) is 0 Å². The van der Waals surface area contributed by atoms with Gasteiger partial charge in [-0.1, -0.05) is 13.8 Å². The van der Waals surface area contributed by atoms with Crippen LogP contribution in [0.1, 0.15) is 33.6 Å². The zero-order valence-corrected chi connectivity index (χ0v) is 10.2. The highest BCUT2D eigenvalue weighted by Gasteiger charge is 2.42. The minimum absolute atomic E-state index is 0.209. The molecule has 0 aromatic heterocycles. The Morgan fingerprint density at radius 1 is 1.64 bits per heavy atom. The fourth-order valence-corrected chi connectivity index (χ4v) is 5.57. The summed E-state index contributed by atoms with van der Waals surface area (Å²) in [5.41, 5.74) is 0.209. The molecule has 3 nitrogen and oxygen atoms in total. The number of hydrogen-bond acceptors (Lipinski definition) is 3. The second kappa shape index (κ2) is 4.78. The molecule has 0 aromatic rings. The average Bonchev–Trinajstić information content (AvgIpc) is 2.40. The molecule has 1 saturated heterocycles. The van der Waals surface area contributed by atoms with E-state index in [9.17, 15) is 4.57 Å². The third kappa shape index (κ3) is 2.59. The van der Waals surface area contributed by atoms with E-state index in [-0.39, 0.29) is 12.3 Å². The Morgan fingerprint density at radius 2 is 2.29 bits per heavy atom. The molecule has 0 aromatic carbocycles. The molecule has 0 bridgehead atoms. The van der Waals surface area contributed by atoms with Crippen LogP contribution < -0.4 is 0 Å². The van der Waals surface area contributed by atoms with Crippen molar-refractivity contribution in [3.05, 3.63) is 0 Å². The van der Waals surface area contributed by atoms with Gasteiger partial charge in [-0.15, -0.1) is 0 Å². The highest BCUT2D eigenvalue weighted by atomic mass is 31.2. The average molecular weight is 220 g/mol. The van der Waals surface area contributed by atoms with E-state index in [4.69, 9.17) is 9.63 Å². The minimum Gasteiger partial charge on any atom is -0.391 e. The van der Waals surface area contributed by atoms with Crippen LogP contribution in [-0.2, 0) is 9.09 Å². The molecule has 4 heteroatoms. The molecule has 0 spiro atoms. The van der Waals surface area contributed by atoms with Crippen LogP contribution in [0.15, 0.2) is 0 Å². The van der Waals surface area contributed by atoms with Crippen LogP contribution in [0.2, 0.25) is 0 Å². The monoisotopic (exact) mass is 220 g/mol. The summed E-state index contributed by atoms with van der Waals surface area (Å²) >= 11 is 0. The van der Waals surface area contributed by atoms with Crippen molar-refractivity contribution in [2.45, 2.75) is 45.4 Å². The lowest BCUT2D eigenvalue weighted by Gasteiger charge is -2.22. The van der Waals surface area contributed by atoms with Crippen LogP contribution in [-0.4, -0.2) is 29.6 Å². The van der Waals surface area contributed by atoms with Gasteiger partial charge in [0.15, 0.2) is 0 Å². The minimum atomic E-state index is -2.45. The van der Waals surface area contributed by atoms with Gasteiger partial charge in [0.25, 0.3) is 0 Å². The number of aliphatic hydroxyl groups excluding tert-OH is 1. The van der Waals surface area contributed by atoms with Gasteiger partial charge in [-0.25, -0.2) is 0 Å². The van der Waals surface area contributed by atoms with E-state index in [0.29, 0.717) is 12.1 Å². The summed E-state index contributed by atoms with van der Waals surface area (Å²) in [7, 11) is -2.45. The Bertz CT molecular complexity index is 227. The van der Waals surface area contributed by atoms with Gasteiger partial charge in [0.2, 0.25) is 7.37 Å². The quantitative estimate of drug-likeness (QED) is 0.740. The third-order valence-electron chi connectivity index (χ3n) is 3.01. The van der Waals surface area contributed by atoms with Gasteiger partial charge in [0, 0.05) is 11.8 Å². The van der Waals surface area contributed by atoms with Crippen molar-refractivity contribution in [1.29, 1.82) is 0 Å². The van der Waals surface area contributed by atoms with Crippen LogP contribution >= 0.6 is 7.37 Å². The van der Waals surface area contributed by atoms with Crippen molar-refractivity contribution in [1.82, 2.24) is 0 Å². The molecule has 0 radical (unpaired) electrons. The molecule has 1 N–H and O–H groups in total. The van der Waals surface area contributed by atoms with Gasteiger partial charge < -0.3 is 9.63 Å². The summed E-state index contributed by atoms with van der Waals surface area (Å²) in [6, 6.07) is 0. The molecule has 1 fully saturated rings. The summed E-state index contributed by atoms with van der Waals surface area (Å²) in [5, 5.41) is 9.11. The lowest BCUT2D eigenvalue weighted by Crippen LogP contribution is -2.15. The lowest BCUT2D eigenvalue weighted by molar-refractivity contribution is 0.123. The predicted octanol–water partition coefficient (Wildman–Crippen LogP) is 2.48. The van der Waals surface area contributed by atoms with E-state index in [0.717, 1.165) is 12.8 Å². The normalized spacial score (nSPS) is 40.0. The number of hydrogen-bond donors (Lipinski definition) is 1. The van der Waals surface area contributed by atoms with Crippen molar-refractivity contribution in [2.24, 2.45) is 5.92 Å². The zero-order valence-electron chi connectivity index (χ0n) is 9.27. The van der Waals surface area contributed by atoms with Crippen LogP contribution in [0.4, 0.5) is 0 Å². The van der Waals surface area contributed by atoms with Gasteiger partial charge in [-0.05, 0) is 25.7 Å². The fourth-order valence-electron chi connectivity index (χ4n) is 2.20.